The van der Waals surface area contributed by atoms with Crippen molar-refractivity contribution in [1.82, 2.24) is 0 Å². The van der Waals surface area contributed by atoms with Gasteiger partial charge < -0.3 is 23.8 Å². The molecule has 0 saturated heterocycles. The van der Waals surface area contributed by atoms with Gasteiger partial charge in [0.05, 0.1) is 34.4 Å². The molecule has 0 saturated carbocycles. The predicted octanol–water partition coefficient (Wildman–Crippen LogP) is 9.18. The van der Waals surface area contributed by atoms with E-state index in [0.717, 1.165) is 51.4 Å². The molecule has 0 aromatic carbocycles. The Morgan fingerprint density at radius 3 is 1.78 bits per heavy atom. The van der Waals surface area contributed by atoms with Crippen LogP contribution >= 0.6 is 0 Å². The van der Waals surface area contributed by atoms with E-state index in [1.165, 1.54) is 0 Å². The van der Waals surface area contributed by atoms with Crippen LogP contribution in [0.25, 0.3) is 0 Å². The van der Waals surface area contributed by atoms with Crippen LogP contribution in [-0.4, -0.2) is 80.6 Å². The van der Waals surface area contributed by atoms with Gasteiger partial charge in [-0.25, -0.2) is 4.79 Å². The number of hydrogen-bond acceptors (Lipinski definition) is 6. The van der Waals surface area contributed by atoms with Crippen LogP contribution in [0, 0.1) is 0 Å². The van der Waals surface area contributed by atoms with Crippen LogP contribution in [0.1, 0.15) is 97.3 Å². The number of unbranched alkanes of at least 4 members (excludes halogenated alkanes) is 5. The summed E-state index contributed by atoms with van der Waals surface area (Å²) < 4.78 is 17.1. The van der Waals surface area contributed by atoms with Crippen LogP contribution in [-0.2, 0) is 28.6 Å². The standard InChI is InChI=1S/C42H65NO7/c1-6-8-10-12-14-16-17-18-19-20-21-22-23-25-27-29-31-33-41(45)50-38(36-48-35-34-39(42(46)47)43(3,4)5)37-49-40(44)32-30-28-26-24-15-13-11-9-7-2/h8-12,14-24,38-39H,6-7,13,25-37H2,1-5H3/p+1/b10-8+,11-9+,14-12+,17-16+,19-18+,21-20+,23-22+,24-15+. The summed E-state index contributed by atoms with van der Waals surface area (Å²) in [5.74, 6) is -1.60. The Balaban J connectivity index is 4.60. The van der Waals surface area contributed by atoms with Gasteiger partial charge in [0, 0.05) is 19.3 Å². The molecular weight excluding hydrogens is 630 g/mol. The third-order valence-corrected chi connectivity index (χ3v) is 7.39. The topological polar surface area (TPSA) is 99.1 Å². The lowest BCUT2D eigenvalue weighted by Crippen LogP contribution is -2.50. The molecule has 0 radical (unpaired) electrons. The Morgan fingerprint density at radius 2 is 1.16 bits per heavy atom. The zero-order valence-corrected chi connectivity index (χ0v) is 31.5. The Bertz CT molecular complexity index is 1140. The van der Waals surface area contributed by atoms with Crippen molar-refractivity contribution in [2.75, 3.05) is 41.0 Å². The number of quaternary nitrogens is 1. The Hall–Kier alpha value is -3.75. The summed E-state index contributed by atoms with van der Waals surface area (Å²) in [4.78, 5) is 36.7. The first-order valence-electron chi connectivity index (χ1n) is 18.4. The highest BCUT2D eigenvalue weighted by Crippen LogP contribution is 2.11. The summed E-state index contributed by atoms with van der Waals surface area (Å²) in [5.41, 5.74) is 0. The quantitative estimate of drug-likeness (QED) is 0.0263. The number of aliphatic carboxylic acids is 1. The number of carboxylic acids is 1. The van der Waals surface area contributed by atoms with Crippen LogP contribution in [0.2, 0.25) is 0 Å². The Morgan fingerprint density at radius 1 is 0.620 bits per heavy atom. The van der Waals surface area contributed by atoms with Gasteiger partial charge in [-0.05, 0) is 57.8 Å². The molecule has 1 N–H and O–H groups in total. The third-order valence-electron chi connectivity index (χ3n) is 7.39. The zero-order chi connectivity index (χ0) is 37.1. The summed E-state index contributed by atoms with van der Waals surface area (Å²) in [7, 11) is 5.47. The highest BCUT2D eigenvalue weighted by molar-refractivity contribution is 5.72. The third kappa shape index (κ3) is 30.3. The second-order valence-electron chi connectivity index (χ2n) is 12.9. The fourth-order valence-electron chi connectivity index (χ4n) is 4.57. The monoisotopic (exact) mass is 696 g/mol. The van der Waals surface area contributed by atoms with Gasteiger partial charge in [-0.2, -0.15) is 0 Å². The van der Waals surface area contributed by atoms with Crippen LogP contribution < -0.4 is 0 Å². The summed E-state index contributed by atoms with van der Waals surface area (Å²) in [6, 6.07) is -0.632. The lowest BCUT2D eigenvalue weighted by atomic mass is 10.1. The van der Waals surface area contributed by atoms with Crippen molar-refractivity contribution in [2.45, 2.75) is 109 Å². The van der Waals surface area contributed by atoms with E-state index in [-0.39, 0.29) is 42.7 Å². The Labute approximate surface area is 303 Å². The van der Waals surface area contributed by atoms with Crippen molar-refractivity contribution in [1.29, 1.82) is 0 Å². The molecule has 0 aromatic rings. The molecule has 0 aliphatic carbocycles. The van der Waals surface area contributed by atoms with E-state index in [4.69, 9.17) is 14.2 Å². The maximum absolute atomic E-state index is 12.6. The second kappa shape index (κ2) is 32.5. The number of ether oxygens (including phenoxy) is 3. The number of likely N-dealkylation sites (N-methyl/N-ethyl adjacent to an activating group) is 1. The average molecular weight is 697 g/mol. The van der Waals surface area contributed by atoms with E-state index in [1.54, 1.807) is 0 Å². The number of esters is 2. The van der Waals surface area contributed by atoms with Crippen molar-refractivity contribution < 1.29 is 38.2 Å². The highest BCUT2D eigenvalue weighted by atomic mass is 16.6. The number of rotatable bonds is 30. The minimum atomic E-state index is -0.894. The van der Waals surface area contributed by atoms with Gasteiger partial charge in [0.2, 0.25) is 0 Å². The molecule has 0 aliphatic rings. The van der Waals surface area contributed by atoms with E-state index >= 15 is 0 Å². The maximum Gasteiger partial charge on any atom is 0.362 e. The molecule has 2 unspecified atom stereocenters. The molecule has 8 nitrogen and oxygen atoms in total. The molecule has 0 rings (SSSR count). The van der Waals surface area contributed by atoms with Gasteiger partial charge in [0.15, 0.2) is 12.1 Å². The molecule has 0 heterocycles. The van der Waals surface area contributed by atoms with Crippen LogP contribution in [0.15, 0.2) is 97.2 Å². The number of carbonyl (C=O) groups is 3. The van der Waals surface area contributed by atoms with E-state index < -0.39 is 18.1 Å². The predicted molar refractivity (Wildman–Crippen MR) is 206 cm³/mol. The van der Waals surface area contributed by atoms with Crippen molar-refractivity contribution in [3.05, 3.63) is 97.2 Å². The van der Waals surface area contributed by atoms with E-state index in [2.05, 4.69) is 50.3 Å². The van der Waals surface area contributed by atoms with E-state index in [9.17, 15) is 19.5 Å². The van der Waals surface area contributed by atoms with E-state index in [1.807, 2.05) is 81.9 Å². The van der Waals surface area contributed by atoms with Gasteiger partial charge in [-0.1, -0.05) is 117 Å². The van der Waals surface area contributed by atoms with Crippen LogP contribution in [0.4, 0.5) is 0 Å². The largest absolute Gasteiger partial charge is 0.477 e. The van der Waals surface area contributed by atoms with Gasteiger partial charge in [0.1, 0.15) is 6.61 Å². The molecular formula is C42H66NO7+. The highest BCUT2D eigenvalue weighted by Gasteiger charge is 2.31. The number of nitrogens with zero attached hydrogens (tertiary/aromatic N) is 1. The molecule has 280 valence electrons. The summed E-state index contributed by atoms with van der Waals surface area (Å²) in [6.07, 6.45) is 41.8. The summed E-state index contributed by atoms with van der Waals surface area (Å²) >= 11 is 0. The first kappa shape index (κ1) is 46.2. The maximum atomic E-state index is 12.6. The summed E-state index contributed by atoms with van der Waals surface area (Å²) in [6.45, 7) is 4.33. The number of carboxylic acid groups (broad SMARTS) is 1. The molecule has 0 amide bonds. The lowest BCUT2D eigenvalue weighted by molar-refractivity contribution is -0.887. The summed E-state index contributed by atoms with van der Waals surface area (Å²) in [5, 5.41) is 9.57. The van der Waals surface area contributed by atoms with Crippen molar-refractivity contribution in [3.63, 3.8) is 0 Å². The SMILES string of the molecule is CC/C=C/C=C/C=C/C=C/C=C/C=C/CCCCCC(=O)OC(COCCC(C(=O)O)[N+](C)(C)C)COC(=O)CCCC/C=C/C/C=C/CC. The molecule has 0 spiro atoms. The number of hydrogen-bond donors (Lipinski definition) is 1. The van der Waals surface area contributed by atoms with Crippen molar-refractivity contribution in [2.24, 2.45) is 0 Å². The lowest BCUT2D eigenvalue weighted by Gasteiger charge is -2.31. The number of allylic oxidation sites excluding steroid dienone is 16. The molecule has 50 heavy (non-hydrogen) atoms. The fraction of sp³-hybridized carbons (Fsp3) is 0.548. The first-order chi connectivity index (χ1) is 24.1. The minimum absolute atomic E-state index is 0.0251. The smallest absolute Gasteiger partial charge is 0.362 e. The van der Waals surface area contributed by atoms with Crippen molar-refractivity contribution >= 4 is 17.9 Å². The average Bonchev–Trinajstić information content (AvgIpc) is 3.06. The Kier molecular flexibility index (Phi) is 30.0. The van der Waals surface area contributed by atoms with Crippen LogP contribution in [0.5, 0.6) is 0 Å². The molecule has 8 heteroatoms. The second-order valence-corrected chi connectivity index (χ2v) is 12.9. The van der Waals surface area contributed by atoms with Gasteiger partial charge in [0.25, 0.3) is 0 Å². The van der Waals surface area contributed by atoms with Gasteiger partial charge in [-0.3, -0.25) is 9.59 Å². The van der Waals surface area contributed by atoms with Gasteiger partial charge in [-0.15, -0.1) is 0 Å². The van der Waals surface area contributed by atoms with Gasteiger partial charge >= 0.3 is 17.9 Å². The van der Waals surface area contributed by atoms with E-state index in [0.29, 0.717) is 25.7 Å². The zero-order valence-electron chi connectivity index (χ0n) is 31.5. The van der Waals surface area contributed by atoms with Crippen molar-refractivity contribution in [3.8, 4) is 0 Å². The van der Waals surface area contributed by atoms with Crippen LogP contribution in [0.3, 0.4) is 0 Å². The first-order valence-corrected chi connectivity index (χ1v) is 18.4. The molecule has 0 fully saturated rings. The fourth-order valence-corrected chi connectivity index (χ4v) is 4.57. The molecule has 2 atom stereocenters. The normalized spacial score (nSPS) is 14.2. The molecule has 0 aliphatic heterocycles. The molecule has 0 aromatic heterocycles. The minimum Gasteiger partial charge on any atom is -0.477 e. The molecule has 0 bridgehead atoms. The number of carbonyl (C=O) groups excluding carboxylic acids is 2.